The summed E-state index contributed by atoms with van der Waals surface area (Å²) in [5, 5.41) is 3.07. The van der Waals surface area contributed by atoms with Gasteiger partial charge in [0.2, 0.25) is 0 Å². The van der Waals surface area contributed by atoms with Gasteiger partial charge < -0.3 is 15.8 Å². The molecule has 0 aromatic heterocycles. The van der Waals surface area contributed by atoms with Crippen LogP contribution in [-0.2, 0) is 11.3 Å². The highest BCUT2D eigenvalue weighted by Crippen LogP contribution is 2.16. The Balaban J connectivity index is 0.00000361. The molecule has 0 heterocycles. The minimum absolute atomic E-state index is 0. The number of halogens is 3. The third-order valence-electron chi connectivity index (χ3n) is 2.39. The maximum absolute atomic E-state index is 12.9. The number of hydrogen-bond acceptors (Lipinski definition) is 2. The lowest BCUT2D eigenvalue weighted by Crippen LogP contribution is -2.32. The third kappa shape index (κ3) is 7.86. The minimum Gasteiger partial charge on any atom is -0.382 e. The highest BCUT2D eigenvalue weighted by atomic mass is 127. The fourth-order valence-electron chi connectivity index (χ4n) is 1.41. The van der Waals surface area contributed by atoms with Gasteiger partial charge in [-0.1, -0.05) is 17.7 Å². The average molecular weight is 416 g/mol. The first-order chi connectivity index (χ1) is 9.13. The molecule has 0 amide bonds. The lowest BCUT2D eigenvalue weighted by Gasteiger charge is -2.06. The maximum atomic E-state index is 12.9. The summed E-state index contributed by atoms with van der Waals surface area (Å²) >= 11 is 5.68. The quantitative estimate of drug-likeness (QED) is 0.312. The Hall–Kier alpha value is -0.600. The van der Waals surface area contributed by atoms with Gasteiger partial charge in [0.25, 0.3) is 0 Å². The first kappa shape index (κ1) is 19.4. The summed E-state index contributed by atoms with van der Waals surface area (Å²) < 4.78 is 18.1. The van der Waals surface area contributed by atoms with E-state index >= 15 is 0 Å². The number of nitrogens with two attached hydrogens (primary N) is 1. The number of guanidine groups is 1. The molecule has 1 rings (SSSR count). The standard InChI is InChI=1S/C13H19ClFN3O.HI/c1-2-19-7-3-6-17-13(16)18-9-10-4-5-12(15)11(14)8-10;/h4-5,8H,2-3,6-7,9H2,1H3,(H3,16,17,18);1H. The molecule has 1 aromatic rings. The average Bonchev–Trinajstić information content (AvgIpc) is 2.40. The molecule has 0 bridgehead atoms. The molecule has 0 atom stereocenters. The highest BCUT2D eigenvalue weighted by molar-refractivity contribution is 14.0. The van der Waals surface area contributed by atoms with Crippen molar-refractivity contribution in [2.24, 2.45) is 10.7 Å². The first-order valence-corrected chi connectivity index (χ1v) is 6.56. The van der Waals surface area contributed by atoms with Gasteiger partial charge in [-0.2, -0.15) is 0 Å². The molecule has 1 aromatic carbocycles. The molecule has 0 aliphatic carbocycles. The molecule has 0 aliphatic rings. The van der Waals surface area contributed by atoms with Crippen molar-refractivity contribution >= 4 is 41.5 Å². The van der Waals surface area contributed by atoms with Gasteiger partial charge in [-0.25, -0.2) is 9.38 Å². The van der Waals surface area contributed by atoms with Crippen LogP contribution < -0.4 is 11.1 Å². The molecule has 20 heavy (non-hydrogen) atoms. The van der Waals surface area contributed by atoms with Crippen LogP contribution in [0.15, 0.2) is 23.2 Å². The van der Waals surface area contributed by atoms with Gasteiger partial charge in [0.1, 0.15) is 5.82 Å². The topological polar surface area (TPSA) is 59.6 Å². The number of rotatable bonds is 7. The number of benzene rings is 1. The number of hydrogen-bond donors (Lipinski definition) is 2. The van der Waals surface area contributed by atoms with Crippen molar-refractivity contribution in [2.75, 3.05) is 19.8 Å². The lowest BCUT2D eigenvalue weighted by molar-refractivity contribution is 0.145. The van der Waals surface area contributed by atoms with Crippen LogP contribution in [0.4, 0.5) is 4.39 Å². The summed E-state index contributed by atoms with van der Waals surface area (Å²) in [7, 11) is 0. The molecule has 0 saturated carbocycles. The molecular formula is C13H20ClFIN3O. The van der Waals surface area contributed by atoms with E-state index in [1.165, 1.54) is 6.07 Å². The monoisotopic (exact) mass is 415 g/mol. The predicted molar refractivity (Wildman–Crippen MR) is 91.3 cm³/mol. The molecule has 0 radical (unpaired) electrons. The number of nitrogens with one attached hydrogen (secondary N) is 1. The Labute approximate surface area is 140 Å². The second-order valence-corrected chi connectivity index (χ2v) is 4.33. The van der Waals surface area contributed by atoms with Crippen molar-refractivity contribution in [2.45, 2.75) is 19.9 Å². The summed E-state index contributed by atoms with van der Waals surface area (Å²) in [6, 6.07) is 4.49. The molecular weight excluding hydrogens is 396 g/mol. The van der Waals surface area contributed by atoms with Crippen LogP contribution in [0.1, 0.15) is 18.9 Å². The second-order valence-electron chi connectivity index (χ2n) is 3.93. The summed E-state index contributed by atoms with van der Waals surface area (Å²) in [5.41, 5.74) is 6.51. The summed E-state index contributed by atoms with van der Waals surface area (Å²) in [4.78, 5) is 4.14. The van der Waals surface area contributed by atoms with Gasteiger partial charge in [-0.15, -0.1) is 24.0 Å². The molecule has 114 valence electrons. The Bertz CT molecular complexity index is 432. The van der Waals surface area contributed by atoms with E-state index in [-0.39, 0.29) is 29.0 Å². The SMILES string of the molecule is CCOCCCNC(N)=NCc1ccc(F)c(Cl)c1.I. The van der Waals surface area contributed by atoms with Crippen LogP contribution in [0, 0.1) is 5.82 Å². The van der Waals surface area contributed by atoms with Crippen molar-refractivity contribution in [3.8, 4) is 0 Å². The van der Waals surface area contributed by atoms with E-state index in [2.05, 4.69) is 10.3 Å². The van der Waals surface area contributed by atoms with Crippen LogP contribution in [-0.4, -0.2) is 25.7 Å². The fourth-order valence-corrected chi connectivity index (χ4v) is 1.61. The summed E-state index contributed by atoms with van der Waals surface area (Å²) in [6.07, 6.45) is 0.867. The molecule has 3 N–H and O–H groups in total. The van der Waals surface area contributed by atoms with Gasteiger partial charge in [0, 0.05) is 19.8 Å². The molecule has 0 aliphatic heterocycles. The Morgan fingerprint density at radius 1 is 1.50 bits per heavy atom. The zero-order chi connectivity index (χ0) is 14.1. The zero-order valence-electron chi connectivity index (χ0n) is 11.4. The molecule has 0 saturated heterocycles. The first-order valence-electron chi connectivity index (χ1n) is 6.19. The van der Waals surface area contributed by atoms with E-state index in [1.54, 1.807) is 12.1 Å². The number of ether oxygens (including phenoxy) is 1. The van der Waals surface area contributed by atoms with Crippen LogP contribution in [0.3, 0.4) is 0 Å². The molecule has 0 spiro atoms. The third-order valence-corrected chi connectivity index (χ3v) is 2.68. The van der Waals surface area contributed by atoms with Crippen LogP contribution >= 0.6 is 35.6 Å². The van der Waals surface area contributed by atoms with Crippen molar-refractivity contribution in [3.63, 3.8) is 0 Å². The van der Waals surface area contributed by atoms with Gasteiger partial charge >= 0.3 is 0 Å². The Morgan fingerprint density at radius 2 is 2.25 bits per heavy atom. The molecule has 7 heteroatoms. The van der Waals surface area contributed by atoms with Crippen molar-refractivity contribution in [1.29, 1.82) is 0 Å². The van der Waals surface area contributed by atoms with Gasteiger partial charge in [0.15, 0.2) is 5.96 Å². The number of nitrogens with zero attached hydrogens (tertiary/aromatic N) is 1. The summed E-state index contributed by atoms with van der Waals surface area (Å²) in [6.45, 7) is 4.44. The lowest BCUT2D eigenvalue weighted by atomic mass is 10.2. The fraction of sp³-hybridized carbons (Fsp3) is 0.462. The largest absolute Gasteiger partial charge is 0.382 e. The smallest absolute Gasteiger partial charge is 0.188 e. The van der Waals surface area contributed by atoms with Crippen LogP contribution in [0.2, 0.25) is 5.02 Å². The maximum Gasteiger partial charge on any atom is 0.188 e. The van der Waals surface area contributed by atoms with E-state index in [0.29, 0.717) is 25.7 Å². The molecule has 0 unspecified atom stereocenters. The van der Waals surface area contributed by atoms with Crippen LogP contribution in [0.25, 0.3) is 0 Å². The highest BCUT2D eigenvalue weighted by Gasteiger charge is 2.00. The van der Waals surface area contributed by atoms with E-state index < -0.39 is 5.82 Å². The number of aliphatic imine (C=N–C) groups is 1. The van der Waals surface area contributed by atoms with E-state index in [9.17, 15) is 4.39 Å². The van der Waals surface area contributed by atoms with E-state index in [0.717, 1.165) is 18.6 Å². The zero-order valence-corrected chi connectivity index (χ0v) is 14.5. The normalized spacial score (nSPS) is 11.1. The Kier molecular flexibility index (Phi) is 10.8. The van der Waals surface area contributed by atoms with E-state index in [4.69, 9.17) is 22.1 Å². The second kappa shape index (κ2) is 11.1. The predicted octanol–water partition coefficient (Wildman–Crippen LogP) is 2.93. The summed E-state index contributed by atoms with van der Waals surface area (Å²) in [5.74, 6) is -0.0756. The van der Waals surface area contributed by atoms with Crippen molar-refractivity contribution in [1.82, 2.24) is 5.32 Å². The molecule has 0 fully saturated rings. The van der Waals surface area contributed by atoms with Gasteiger partial charge in [-0.3, -0.25) is 0 Å². The van der Waals surface area contributed by atoms with Crippen molar-refractivity contribution < 1.29 is 9.13 Å². The van der Waals surface area contributed by atoms with Crippen LogP contribution in [0.5, 0.6) is 0 Å². The van der Waals surface area contributed by atoms with Gasteiger partial charge in [0.05, 0.1) is 11.6 Å². The van der Waals surface area contributed by atoms with E-state index in [1.807, 2.05) is 6.92 Å². The van der Waals surface area contributed by atoms with Crippen molar-refractivity contribution in [3.05, 3.63) is 34.6 Å². The molecule has 4 nitrogen and oxygen atoms in total. The minimum atomic E-state index is -0.434. The Morgan fingerprint density at radius 3 is 2.90 bits per heavy atom. The van der Waals surface area contributed by atoms with Gasteiger partial charge in [-0.05, 0) is 31.0 Å².